The summed E-state index contributed by atoms with van der Waals surface area (Å²) < 4.78 is 5.14. The number of piperazine rings is 1. The smallest absolute Gasteiger partial charge is 0.254 e. The highest BCUT2D eigenvalue weighted by Gasteiger charge is 2.21. The third-order valence-electron chi connectivity index (χ3n) is 6.29. The topological polar surface area (TPSA) is 105 Å². The lowest BCUT2D eigenvalue weighted by Crippen LogP contribution is -2.47. The van der Waals surface area contributed by atoms with Crippen molar-refractivity contribution >= 4 is 33.6 Å². The van der Waals surface area contributed by atoms with Gasteiger partial charge in [-0.05, 0) is 42.9 Å². The lowest BCUT2D eigenvalue weighted by Gasteiger charge is -2.32. The molecule has 33 heavy (non-hydrogen) atoms. The van der Waals surface area contributed by atoms with Crippen molar-refractivity contribution in [2.75, 3.05) is 40.3 Å². The number of primary amides is 1. The Kier molecular flexibility index (Phi) is 5.22. The molecule has 2 aromatic heterocycles. The van der Waals surface area contributed by atoms with Gasteiger partial charge in [0.15, 0.2) is 0 Å². The fourth-order valence-corrected chi connectivity index (χ4v) is 4.36. The van der Waals surface area contributed by atoms with Crippen molar-refractivity contribution in [3.63, 3.8) is 0 Å². The van der Waals surface area contributed by atoms with Crippen molar-refractivity contribution in [2.24, 2.45) is 5.73 Å². The Balaban J connectivity index is 1.59. The maximum absolute atomic E-state index is 13.0. The number of fused-ring (bicyclic) bond motifs is 3. The van der Waals surface area contributed by atoms with Gasteiger partial charge in [-0.25, -0.2) is 4.98 Å². The van der Waals surface area contributed by atoms with Crippen LogP contribution in [0, 0.1) is 0 Å². The Bertz CT molecular complexity index is 1370. The number of rotatable bonds is 4. The molecule has 3 N–H and O–H groups in total. The van der Waals surface area contributed by atoms with Gasteiger partial charge in [0.2, 0.25) is 5.88 Å². The van der Waals surface area contributed by atoms with Gasteiger partial charge in [0.1, 0.15) is 0 Å². The van der Waals surface area contributed by atoms with Gasteiger partial charge in [0.05, 0.1) is 18.2 Å². The second-order valence-corrected chi connectivity index (χ2v) is 8.38. The zero-order chi connectivity index (χ0) is 23.1. The molecule has 2 amide bonds. The molecule has 168 valence electrons. The Labute approximate surface area is 190 Å². The van der Waals surface area contributed by atoms with E-state index in [0.717, 1.165) is 40.5 Å². The van der Waals surface area contributed by atoms with Crippen LogP contribution >= 0.6 is 0 Å². The molecule has 8 nitrogen and oxygen atoms in total. The van der Waals surface area contributed by atoms with Gasteiger partial charge in [-0.3, -0.25) is 9.59 Å². The Morgan fingerprint density at radius 3 is 2.45 bits per heavy atom. The van der Waals surface area contributed by atoms with Crippen LogP contribution in [0.15, 0.2) is 48.7 Å². The largest absolute Gasteiger partial charge is 0.481 e. The minimum absolute atomic E-state index is 0.0174. The molecule has 3 heterocycles. The van der Waals surface area contributed by atoms with E-state index < -0.39 is 5.91 Å². The average Bonchev–Trinajstić information content (AvgIpc) is 3.21. The first kappa shape index (κ1) is 21.0. The van der Waals surface area contributed by atoms with Crippen LogP contribution < -0.4 is 10.5 Å². The molecule has 5 rings (SSSR count). The number of aromatic amines is 1. The number of hydrogen-bond donors (Lipinski definition) is 2. The molecule has 1 aliphatic rings. The second-order valence-electron chi connectivity index (χ2n) is 8.38. The molecule has 0 radical (unpaired) electrons. The van der Waals surface area contributed by atoms with Gasteiger partial charge in [0.25, 0.3) is 11.8 Å². The fraction of sp³-hybridized carbons (Fsp3) is 0.240. The summed E-state index contributed by atoms with van der Waals surface area (Å²) in [5, 5.41) is 1.79. The molecule has 1 saturated heterocycles. The number of nitrogens with one attached hydrogen (secondary N) is 1. The zero-order valence-corrected chi connectivity index (χ0v) is 18.6. The number of carbonyl (C=O) groups is 2. The standard InChI is InChI=1S/C25H25N5O3/c1-29-7-9-30(10-8-29)25(32)15-3-5-18-19-11-17(16-4-6-22(33-2)27-14-16)12-20(24(26)31)23(19)28-21(18)13-15/h3-6,11-14,28H,7-10H2,1-2H3,(H2,26,31). The summed E-state index contributed by atoms with van der Waals surface area (Å²) in [6.45, 7) is 3.16. The molecule has 0 spiro atoms. The number of likely N-dealkylation sites (N-methyl/N-ethyl adjacent to an activating group) is 1. The number of amides is 2. The van der Waals surface area contributed by atoms with Gasteiger partial charge in [-0.2, -0.15) is 0 Å². The molecule has 1 fully saturated rings. The highest BCUT2D eigenvalue weighted by Crippen LogP contribution is 2.33. The van der Waals surface area contributed by atoms with Crippen LogP contribution in [0.2, 0.25) is 0 Å². The number of H-pyrrole nitrogens is 1. The molecular formula is C25H25N5O3. The van der Waals surface area contributed by atoms with Crippen molar-refractivity contribution < 1.29 is 14.3 Å². The van der Waals surface area contributed by atoms with Gasteiger partial charge < -0.3 is 25.3 Å². The van der Waals surface area contributed by atoms with E-state index in [1.807, 2.05) is 35.2 Å². The molecule has 4 aromatic rings. The summed E-state index contributed by atoms with van der Waals surface area (Å²) in [6.07, 6.45) is 1.70. The number of ether oxygens (including phenoxy) is 1. The highest BCUT2D eigenvalue weighted by atomic mass is 16.5. The zero-order valence-electron chi connectivity index (χ0n) is 18.6. The number of benzene rings is 2. The Morgan fingerprint density at radius 1 is 1.00 bits per heavy atom. The summed E-state index contributed by atoms with van der Waals surface area (Å²) in [5.41, 5.74) is 9.85. The molecule has 0 bridgehead atoms. The number of pyridine rings is 1. The molecule has 1 aliphatic heterocycles. The number of hydrogen-bond acceptors (Lipinski definition) is 5. The predicted octanol–water partition coefficient (Wildman–Crippen LogP) is 2.88. The van der Waals surface area contributed by atoms with Crippen LogP contribution in [-0.2, 0) is 0 Å². The first-order chi connectivity index (χ1) is 15.9. The number of nitrogens with zero attached hydrogens (tertiary/aromatic N) is 3. The van der Waals surface area contributed by atoms with Gasteiger partial charge >= 0.3 is 0 Å². The minimum atomic E-state index is -0.524. The second kappa shape index (κ2) is 8.22. The van der Waals surface area contributed by atoms with E-state index in [1.54, 1.807) is 25.4 Å². The van der Waals surface area contributed by atoms with E-state index in [4.69, 9.17) is 10.5 Å². The number of carbonyl (C=O) groups excluding carboxylic acids is 2. The van der Waals surface area contributed by atoms with Crippen LogP contribution in [0.25, 0.3) is 32.9 Å². The summed E-state index contributed by atoms with van der Waals surface area (Å²) in [7, 11) is 3.62. The van der Waals surface area contributed by atoms with Crippen LogP contribution in [0.1, 0.15) is 20.7 Å². The third-order valence-corrected chi connectivity index (χ3v) is 6.29. The quantitative estimate of drug-likeness (QED) is 0.505. The van der Waals surface area contributed by atoms with Gasteiger partial charge in [0, 0.05) is 65.9 Å². The molecule has 0 saturated carbocycles. The van der Waals surface area contributed by atoms with Gasteiger partial charge in [-0.15, -0.1) is 0 Å². The first-order valence-corrected chi connectivity index (χ1v) is 10.8. The Morgan fingerprint density at radius 2 is 1.79 bits per heavy atom. The van der Waals surface area contributed by atoms with Crippen LogP contribution in [0.3, 0.4) is 0 Å². The average molecular weight is 444 g/mol. The fourth-order valence-electron chi connectivity index (χ4n) is 4.36. The molecule has 8 heteroatoms. The van der Waals surface area contributed by atoms with E-state index in [9.17, 15) is 9.59 Å². The first-order valence-electron chi connectivity index (χ1n) is 10.8. The maximum atomic E-state index is 13.0. The van der Waals surface area contributed by atoms with Crippen LogP contribution in [-0.4, -0.2) is 71.9 Å². The maximum Gasteiger partial charge on any atom is 0.254 e. The lowest BCUT2D eigenvalue weighted by molar-refractivity contribution is 0.0664. The number of nitrogens with two attached hydrogens (primary N) is 1. The summed E-state index contributed by atoms with van der Waals surface area (Å²) >= 11 is 0. The molecule has 0 unspecified atom stereocenters. The minimum Gasteiger partial charge on any atom is -0.481 e. The SMILES string of the molecule is COc1ccc(-c2cc(C(N)=O)c3[nH]c4cc(C(=O)N5CCN(C)CC5)ccc4c3c2)cn1. The van der Waals surface area contributed by atoms with Crippen molar-refractivity contribution in [2.45, 2.75) is 0 Å². The molecule has 2 aromatic carbocycles. The summed E-state index contributed by atoms with van der Waals surface area (Å²) in [5.74, 6) is 0.00647. The number of methoxy groups -OCH3 is 1. The van der Waals surface area contributed by atoms with E-state index in [1.165, 1.54) is 0 Å². The van der Waals surface area contributed by atoms with Crippen LogP contribution in [0.4, 0.5) is 0 Å². The molecule has 0 atom stereocenters. The number of aromatic nitrogens is 2. The lowest BCUT2D eigenvalue weighted by atomic mass is 9.99. The highest BCUT2D eigenvalue weighted by molar-refractivity contribution is 6.17. The third kappa shape index (κ3) is 3.78. The van der Waals surface area contributed by atoms with Crippen molar-refractivity contribution in [3.8, 4) is 17.0 Å². The van der Waals surface area contributed by atoms with Crippen molar-refractivity contribution in [1.82, 2.24) is 19.8 Å². The van der Waals surface area contributed by atoms with E-state index in [2.05, 4.69) is 21.9 Å². The van der Waals surface area contributed by atoms with Gasteiger partial charge in [-0.1, -0.05) is 6.07 Å². The Hall–Kier alpha value is -3.91. The van der Waals surface area contributed by atoms with E-state index in [0.29, 0.717) is 35.6 Å². The van der Waals surface area contributed by atoms with Crippen molar-refractivity contribution in [1.29, 1.82) is 0 Å². The molecule has 0 aliphatic carbocycles. The molecular weight excluding hydrogens is 418 g/mol. The summed E-state index contributed by atoms with van der Waals surface area (Å²) in [6, 6.07) is 13.1. The van der Waals surface area contributed by atoms with Crippen LogP contribution in [0.5, 0.6) is 5.88 Å². The van der Waals surface area contributed by atoms with Crippen molar-refractivity contribution in [3.05, 3.63) is 59.8 Å². The monoisotopic (exact) mass is 443 g/mol. The normalized spacial score (nSPS) is 14.7. The van der Waals surface area contributed by atoms with E-state index in [-0.39, 0.29) is 5.91 Å². The van der Waals surface area contributed by atoms with E-state index >= 15 is 0 Å². The predicted molar refractivity (Wildman–Crippen MR) is 128 cm³/mol. The summed E-state index contributed by atoms with van der Waals surface area (Å²) in [4.78, 5) is 37.0.